The molecular formula is C33H43N5O7. The molecule has 3 aromatic rings. The van der Waals surface area contributed by atoms with Crippen LogP contribution in [0.1, 0.15) is 68.4 Å². The van der Waals surface area contributed by atoms with E-state index in [4.69, 9.17) is 14.2 Å². The number of imidazole rings is 1. The predicted octanol–water partition coefficient (Wildman–Crippen LogP) is 4.38. The van der Waals surface area contributed by atoms with Crippen LogP contribution in [-0.4, -0.2) is 77.4 Å². The first-order valence-electron chi connectivity index (χ1n) is 15.5. The number of hydrogen-bond acceptors (Lipinski definition) is 7. The summed E-state index contributed by atoms with van der Waals surface area (Å²) in [6.07, 6.45) is 1.99. The zero-order chi connectivity index (χ0) is 32.3. The molecule has 1 atom stereocenters. The van der Waals surface area contributed by atoms with E-state index < -0.39 is 17.7 Å². The summed E-state index contributed by atoms with van der Waals surface area (Å²) in [5.74, 6) is 0.104. The van der Waals surface area contributed by atoms with Crippen molar-refractivity contribution in [3.63, 3.8) is 0 Å². The molecule has 1 aliphatic carbocycles. The number of nitrogens with one attached hydrogen (secondary N) is 3. The van der Waals surface area contributed by atoms with Crippen molar-refractivity contribution in [1.29, 1.82) is 0 Å². The number of morpholine rings is 1. The fourth-order valence-electron chi connectivity index (χ4n) is 6.14. The Kier molecular flexibility index (Phi) is 9.52. The summed E-state index contributed by atoms with van der Waals surface area (Å²) in [4.78, 5) is 57.1. The van der Waals surface area contributed by atoms with Gasteiger partial charge in [-0.05, 0) is 77.1 Å². The molecule has 1 aromatic heterocycles. The number of fused-ring (bicyclic) bond motifs is 1. The van der Waals surface area contributed by atoms with Crippen LogP contribution in [0, 0.1) is 12.8 Å². The van der Waals surface area contributed by atoms with Gasteiger partial charge in [0.05, 0.1) is 43.0 Å². The van der Waals surface area contributed by atoms with Gasteiger partial charge in [-0.2, -0.15) is 0 Å². The van der Waals surface area contributed by atoms with Gasteiger partial charge in [0.2, 0.25) is 5.91 Å². The van der Waals surface area contributed by atoms with E-state index in [9.17, 15) is 19.2 Å². The molecule has 0 bridgehead atoms. The molecule has 2 fully saturated rings. The van der Waals surface area contributed by atoms with Crippen molar-refractivity contribution in [3.8, 4) is 5.75 Å². The van der Waals surface area contributed by atoms with Crippen molar-refractivity contribution in [2.75, 3.05) is 38.7 Å². The van der Waals surface area contributed by atoms with Crippen LogP contribution < -0.4 is 21.1 Å². The maximum atomic E-state index is 13.6. The number of hydrogen-bond donors (Lipinski definition) is 3. The first-order valence-corrected chi connectivity index (χ1v) is 15.5. The molecule has 2 heterocycles. The summed E-state index contributed by atoms with van der Waals surface area (Å²) in [5.41, 5.74) is 2.19. The number of amides is 3. The van der Waals surface area contributed by atoms with Crippen LogP contribution in [0.4, 0.5) is 10.5 Å². The highest BCUT2D eigenvalue weighted by Gasteiger charge is 2.33. The summed E-state index contributed by atoms with van der Waals surface area (Å²) in [6.45, 7) is 8.56. The van der Waals surface area contributed by atoms with Gasteiger partial charge in [-0.3, -0.25) is 19.1 Å². The van der Waals surface area contributed by atoms with Gasteiger partial charge in [0.1, 0.15) is 11.4 Å². The number of anilines is 1. The second-order valence-electron chi connectivity index (χ2n) is 12.8. The molecule has 3 amide bonds. The lowest BCUT2D eigenvalue weighted by Crippen LogP contribution is -2.54. The minimum Gasteiger partial charge on any atom is -0.496 e. The van der Waals surface area contributed by atoms with Crippen molar-refractivity contribution in [2.45, 2.75) is 71.1 Å². The standard InChI is InChI=1S/C33H43N5O7/c1-20-9-12-22(17-27(20)43-5)35-29(39)21-10-13-23(14-11-21)38-28-25(7-6-8-26(28)36-31(38)41)30(40)34-18-24-19-44-16-15-37(24)32(42)45-33(2,3)4/h6-9,12,17,21,23-24H,10-11,13-16,18-19H2,1-5H3,(H,34,40)(H,35,39)(H,36,41). The van der Waals surface area contributed by atoms with Crippen molar-refractivity contribution in [3.05, 3.63) is 58.0 Å². The van der Waals surface area contributed by atoms with Crippen LogP contribution in [-0.2, 0) is 14.3 Å². The SMILES string of the molecule is COc1cc(NC(=O)C2CCC(n3c(=O)[nH]c4cccc(C(=O)NCC5COCCN5C(=O)OC(C)(C)C)c43)CC2)ccc1C. The summed E-state index contributed by atoms with van der Waals surface area (Å²) >= 11 is 0. The monoisotopic (exact) mass is 621 g/mol. The van der Waals surface area contributed by atoms with Gasteiger partial charge >= 0.3 is 11.8 Å². The second kappa shape index (κ2) is 13.4. The summed E-state index contributed by atoms with van der Waals surface area (Å²) in [6, 6.07) is 10.2. The molecule has 0 radical (unpaired) electrons. The van der Waals surface area contributed by atoms with E-state index in [0.717, 1.165) is 5.56 Å². The van der Waals surface area contributed by atoms with Crippen molar-refractivity contribution in [1.82, 2.24) is 19.8 Å². The van der Waals surface area contributed by atoms with E-state index >= 15 is 0 Å². The summed E-state index contributed by atoms with van der Waals surface area (Å²) < 4.78 is 18.2. The smallest absolute Gasteiger partial charge is 0.410 e. The first kappa shape index (κ1) is 32.1. The van der Waals surface area contributed by atoms with Gasteiger partial charge < -0.3 is 29.8 Å². The Morgan fingerprint density at radius 2 is 1.84 bits per heavy atom. The number of aromatic amines is 1. The van der Waals surface area contributed by atoms with Crippen molar-refractivity contribution >= 4 is 34.6 Å². The molecule has 1 aliphatic heterocycles. The Bertz CT molecular complexity index is 1610. The average molecular weight is 622 g/mol. The van der Waals surface area contributed by atoms with Crippen LogP contribution >= 0.6 is 0 Å². The third kappa shape index (κ3) is 7.33. The Balaban J connectivity index is 1.27. The van der Waals surface area contributed by atoms with E-state index in [1.807, 2.05) is 45.9 Å². The number of nitrogens with zero attached hydrogens (tertiary/aromatic N) is 2. The largest absolute Gasteiger partial charge is 0.496 e. The average Bonchev–Trinajstić information content (AvgIpc) is 3.35. The lowest BCUT2D eigenvalue weighted by atomic mass is 9.85. The number of ether oxygens (including phenoxy) is 3. The van der Waals surface area contributed by atoms with Crippen LogP contribution in [0.5, 0.6) is 5.75 Å². The molecular weight excluding hydrogens is 578 g/mol. The minimum absolute atomic E-state index is 0.0576. The quantitative estimate of drug-likeness (QED) is 0.355. The number of para-hydroxylation sites is 1. The number of H-pyrrole nitrogens is 1. The zero-order valence-electron chi connectivity index (χ0n) is 26.6. The lowest BCUT2D eigenvalue weighted by Gasteiger charge is -2.36. The Morgan fingerprint density at radius 3 is 2.56 bits per heavy atom. The molecule has 2 aromatic carbocycles. The summed E-state index contributed by atoms with van der Waals surface area (Å²) in [7, 11) is 1.60. The highest BCUT2D eigenvalue weighted by atomic mass is 16.6. The molecule has 2 aliphatic rings. The second-order valence-corrected chi connectivity index (χ2v) is 12.8. The minimum atomic E-state index is -0.644. The van der Waals surface area contributed by atoms with Gasteiger partial charge in [-0.1, -0.05) is 12.1 Å². The zero-order valence-corrected chi connectivity index (χ0v) is 26.6. The normalized spacial score (nSPS) is 20.5. The van der Waals surface area contributed by atoms with Gasteiger partial charge in [0.15, 0.2) is 0 Å². The maximum absolute atomic E-state index is 13.6. The molecule has 45 heavy (non-hydrogen) atoms. The van der Waals surface area contributed by atoms with E-state index in [2.05, 4.69) is 15.6 Å². The molecule has 1 saturated carbocycles. The predicted molar refractivity (Wildman–Crippen MR) is 170 cm³/mol. The summed E-state index contributed by atoms with van der Waals surface area (Å²) in [5, 5.41) is 5.95. The van der Waals surface area contributed by atoms with Gasteiger partial charge in [0.25, 0.3) is 5.91 Å². The Morgan fingerprint density at radius 1 is 1.09 bits per heavy atom. The number of aryl methyl sites for hydroxylation is 1. The fourth-order valence-corrected chi connectivity index (χ4v) is 6.14. The number of carbonyl (C=O) groups excluding carboxylic acids is 3. The third-order valence-electron chi connectivity index (χ3n) is 8.44. The molecule has 0 spiro atoms. The van der Waals surface area contributed by atoms with E-state index in [1.54, 1.807) is 34.8 Å². The molecule has 12 heteroatoms. The number of rotatable bonds is 7. The van der Waals surface area contributed by atoms with E-state index in [-0.39, 0.29) is 42.6 Å². The molecule has 3 N–H and O–H groups in total. The van der Waals surface area contributed by atoms with Crippen molar-refractivity contribution < 1.29 is 28.6 Å². The topological polar surface area (TPSA) is 144 Å². The van der Waals surface area contributed by atoms with Crippen LogP contribution in [0.3, 0.4) is 0 Å². The molecule has 12 nitrogen and oxygen atoms in total. The van der Waals surface area contributed by atoms with Crippen LogP contribution in [0.15, 0.2) is 41.2 Å². The lowest BCUT2D eigenvalue weighted by molar-refractivity contribution is -0.121. The third-order valence-corrected chi connectivity index (χ3v) is 8.44. The van der Waals surface area contributed by atoms with Gasteiger partial charge in [-0.25, -0.2) is 9.59 Å². The van der Waals surface area contributed by atoms with E-state index in [0.29, 0.717) is 66.9 Å². The van der Waals surface area contributed by atoms with Gasteiger partial charge in [-0.15, -0.1) is 0 Å². The molecule has 1 unspecified atom stereocenters. The molecule has 5 rings (SSSR count). The number of carbonyl (C=O) groups is 3. The number of benzene rings is 2. The number of methoxy groups -OCH3 is 1. The molecule has 242 valence electrons. The Labute approximate surface area is 262 Å². The van der Waals surface area contributed by atoms with Crippen molar-refractivity contribution in [2.24, 2.45) is 5.92 Å². The molecule has 1 saturated heterocycles. The van der Waals surface area contributed by atoms with Crippen LogP contribution in [0.2, 0.25) is 0 Å². The fraction of sp³-hybridized carbons (Fsp3) is 0.515. The van der Waals surface area contributed by atoms with Gasteiger partial charge in [0, 0.05) is 36.8 Å². The van der Waals surface area contributed by atoms with Crippen LogP contribution in [0.25, 0.3) is 11.0 Å². The first-order chi connectivity index (χ1) is 21.4. The highest BCUT2D eigenvalue weighted by Crippen LogP contribution is 2.35. The Hall–Kier alpha value is -4.32. The van der Waals surface area contributed by atoms with E-state index in [1.165, 1.54) is 0 Å². The highest BCUT2D eigenvalue weighted by molar-refractivity contribution is 6.05. The number of aromatic nitrogens is 2. The maximum Gasteiger partial charge on any atom is 0.410 e.